The van der Waals surface area contributed by atoms with Crippen molar-refractivity contribution in [2.45, 2.75) is 13.8 Å². The van der Waals surface area contributed by atoms with Crippen molar-refractivity contribution in [3.05, 3.63) is 99.2 Å². The van der Waals surface area contributed by atoms with Crippen LogP contribution in [0.5, 0.6) is 5.75 Å². The highest BCUT2D eigenvalue weighted by Crippen LogP contribution is 2.31. The molecule has 0 unspecified atom stereocenters. The van der Waals surface area contributed by atoms with Crippen molar-refractivity contribution in [3.63, 3.8) is 0 Å². The molecule has 0 saturated carbocycles. The Morgan fingerprint density at radius 1 is 0.848 bits per heavy atom. The first-order valence-electron chi connectivity index (χ1n) is 9.94. The molecule has 1 aliphatic heterocycles. The fourth-order valence-corrected chi connectivity index (χ4v) is 3.77. The molecule has 1 aliphatic rings. The number of benzene rings is 3. The summed E-state index contributed by atoms with van der Waals surface area (Å²) in [5, 5.41) is 3.12. The number of aryl methyl sites for hydroxylation is 2. The van der Waals surface area contributed by atoms with Crippen molar-refractivity contribution < 1.29 is 19.1 Å². The third kappa shape index (κ3) is 4.77. The monoisotopic (exact) mass is 480 g/mol. The summed E-state index contributed by atoms with van der Waals surface area (Å²) in [7, 11) is 0. The van der Waals surface area contributed by atoms with E-state index >= 15 is 0 Å². The van der Waals surface area contributed by atoms with E-state index in [1.807, 2.05) is 19.9 Å². The molecule has 0 radical (unpaired) electrons. The van der Waals surface area contributed by atoms with Crippen molar-refractivity contribution in [2.75, 3.05) is 10.2 Å². The molecular formula is C25H18Cl2N2O4. The first kappa shape index (κ1) is 22.6. The second kappa shape index (κ2) is 9.10. The number of anilines is 2. The smallest absolute Gasteiger partial charge is 0.343 e. The Balaban J connectivity index is 1.48. The molecule has 1 N–H and O–H groups in total. The highest BCUT2D eigenvalue weighted by Gasteiger charge is 2.38. The van der Waals surface area contributed by atoms with Crippen LogP contribution in [0.1, 0.15) is 21.5 Å². The van der Waals surface area contributed by atoms with E-state index in [-0.39, 0.29) is 10.7 Å². The molecule has 1 heterocycles. The van der Waals surface area contributed by atoms with Gasteiger partial charge in [0.15, 0.2) is 0 Å². The van der Waals surface area contributed by atoms with Gasteiger partial charge in [-0.05, 0) is 85.6 Å². The van der Waals surface area contributed by atoms with Gasteiger partial charge in [-0.2, -0.15) is 0 Å². The van der Waals surface area contributed by atoms with Crippen LogP contribution >= 0.6 is 23.2 Å². The molecule has 0 aromatic heterocycles. The van der Waals surface area contributed by atoms with Gasteiger partial charge in [0.1, 0.15) is 16.5 Å². The zero-order chi connectivity index (χ0) is 23.7. The number of rotatable bonds is 5. The predicted octanol–water partition coefficient (Wildman–Crippen LogP) is 5.61. The number of nitrogens with zero attached hydrogens (tertiary/aromatic N) is 1. The lowest BCUT2D eigenvalue weighted by Crippen LogP contribution is -2.32. The molecule has 6 nitrogen and oxygen atoms in total. The van der Waals surface area contributed by atoms with E-state index in [1.54, 1.807) is 60.7 Å². The van der Waals surface area contributed by atoms with Crippen molar-refractivity contribution in [1.29, 1.82) is 0 Å². The van der Waals surface area contributed by atoms with Crippen LogP contribution < -0.4 is 15.0 Å². The van der Waals surface area contributed by atoms with Crippen LogP contribution in [-0.4, -0.2) is 17.8 Å². The number of nitrogens with one attached hydrogen (secondary N) is 1. The lowest BCUT2D eigenvalue weighted by Gasteiger charge is -2.15. The maximum Gasteiger partial charge on any atom is 0.343 e. The average Bonchev–Trinajstić information content (AvgIpc) is 2.97. The third-order valence-corrected chi connectivity index (χ3v) is 5.51. The van der Waals surface area contributed by atoms with Gasteiger partial charge < -0.3 is 10.1 Å². The van der Waals surface area contributed by atoms with E-state index in [2.05, 4.69) is 5.32 Å². The number of carbonyl (C=O) groups excluding carboxylic acids is 3. The zero-order valence-corrected chi connectivity index (χ0v) is 19.2. The number of imide groups is 1. The van der Waals surface area contributed by atoms with Gasteiger partial charge in [-0.1, -0.05) is 29.3 Å². The van der Waals surface area contributed by atoms with Crippen molar-refractivity contribution >= 4 is 52.4 Å². The van der Waals surface area contributed by atoms with Gasteiger partial charge in [-0.3, -0.25) is 9.59 Å². The highest BCUT2D eigenvalue weighted by atomic mass is 35.5. The normalized spacial score (nSPS) is 13.5. The van der Waals surface area contributed by atoms with Gasteiger partial charge in [0.25, 0.3) is 11.8 Å². The molecule has 8 heteroatoms. The number of hydrogen-bond donors (Lipinski definition) is 1. The molecule has 0 bridgehead atoms. The quantitative estimate of drug-likeness (QED) is 0.291. The van der Waals surface area contributed by atoms with E-state index in [9.17, 15) is 14.4 Å². The van der Waals surface area contributed by atoms with Gasteiger partial charge >= 0.3 is 5.97 Å². The zero-order valence-electron chi connectivity index (χ0n) is 17.7. The lowest BCUT2D eigenvalue weighted by atomic mass is 10.1. The maximum atomic E-state index is 12.8. The molecule has 0 fully saturated rings. The molecular weight excluding hydrogens is 463 g/mol. The average molecular weight is 481 g/mol. The first-order chi connectivity index (χ1) is 15.7. The SMILES string of the molecule is Cc1cc(C)cc(OC(=O)c2ccc(NC3=C(Cl)C(=O)N(c4ccc(Cl)cc4)C3=O)cc2)c1. The Morgan fingerprint density at radius 2 is 1.45 bits per heavy atom. The third-order valence-electron chi connectivity index (χ3n) is 4.91. The van der Waals surface area contributed by atoms with Crippen molar-refractivity contribution in [3.8, 4) is 5.75 Å². The van der Waals surface area contributed by atoms with Crippen LogP contribution in [0.15, 0.2) is 77.5 Å². The minimum Gasteiger partial charge on any atom is -0.423 e. The van der Waals surface area contributed by atoms with E-state index in [0.29, 0.717) is 27.7 Å². The van der Waals surface area contributed by atoms with Crippen LogP contribution in [0.4, 0.5) is 11.4 Å². The minimum absolute atomic E-state index is 0.0535. The van der Waals surface area contributed by atoms with Crippen LogP contribution in [0.3, 0.4) is 0 Å². The number of amides is 2. The van der Waals surface area contributed by atoms with Gasteiger partial charge in [0.05, 0.1) is 11.3 Å². The van der Waals surface area contributed by atoms with Crippen LogP contribution in [0.25, 0.3) is 0 Å². The number of esters is 1. The van der Waals surface area contributed by atoms with Crippen LogP contribution in [-0.2, 0) is 9.59 Å². The number of ether oxygens (including phenoxy) is 1. The molecule has 0 saturated heterocycles. The number of halogens is 2. The van der Waals surface area contributed by atoms with Gasteiger partial charge in [0, 0.05) is 10.7 Å². The van der Waals surface area contributed by atoms with Crippen molar-refractivity contribution in [1.82, 2.24) is 0 Å². The largest absolute Gasteiger partial charge is 0.423 e. The molecule has 33 heavy (non-hydrogen) atoms. The molecule has 2 amide bonds. The van der Waals surface area contributed by atoms with Crippen LogP contribution in [0.2, 0.25) is 5.02 Å². The summed E-state index contributed by atoms with van der Waals surface area (Å²) < 4.78 is 5.45. The summed E-state index contributed by atoms with van der Waals surface area (Å²) in [6.45, 7) is 3.85. The molecule has 3 aromatic carbocycles. The van der Waals surface area contributed by atoms with E-state index in [0.717, 1.165) is 16.0 Å². The van der Waals surface area contributed by atoms with Gasteiger partial charge in [-0.25, -0.2) is 9.69 Å². The fourth-order valence-electron chi connectivity index (χ4n) is 3.43. The molecule has 4 rings (SSSR count). The van der Waals surface area contributed by atoms with Gasteiger partial charge in [0.2, 0.25) is 0 Å². The summed E-state index contributed by atoms with van der Waals surface area (Å²) in [5.74, 6) is -1.27. The topological polar surface area (TPSA) is 75.7 Å². The molecule has 3 aromatic rings. The summed E-state index contributed by atoms with van der Waals surface area (Å²) in [6.07, 6.45) is 0. The van der Waals surface area contributed by atoms with Crippen molar-refractivity contribution in [2.24, 2.45) is 0 Å². The summed E-state index contributed by atoms with van der Waals surface area (Å²) >= 11 is 12.0. The number of hydrogen-bond acceptors (Lipinski definition) is 5. The van der Waals surface area contributed by atoms with E-state index in [1.165, 1.54) is 0 Å². The first-order valence-corrected chi connectivity index (χ1v) is 10.7. The minimum atomic E-state index is -0.639. The molecule has 0 aliphatic carbocycles. The van der Waals surface area contributed by atoms with Crippen LogP contribution in [0, 0.1) is 13.8 Å². The number of carbonyl (C=O) groups is 3. The Morgan fingerprint density at radius 3 is 2.06 bits per heavy atom. The Bertz CT molecular complexity index is 1280. The van der Waals surface area contributed by atoms with E-state index in [4.69, 9.17) is 27.9 Å². The Kier molecular flexibility index (Phi) is 6.22. The Hall–Kier alpha value is -3.61. The maximum absolute atomic E-state index is 12.8. The standard InChI is InChI=1S/C25H18Cl2N2O4/c1-14-11-15(2)13-20(12-14)33-25(32)16-3-7-18(8-4-16)28-22-21(27)23(30)29(24(22)31)19-9-5-17(26)6-10-19/h3-13,28H,1-2H3. The summed E-state index contributed by atoms with van der Waals surface area (Å²) in [4.78, 5) is 38.8. The summed E-state index contributed by atoms with van der Waals surface area (Å²) in [5.41, 5.74) is 3.09. The second-order valence-electron chi connectivity index (χ2n) is 7.53. The second-order valence-corrected chi connectivity index (χ2v) is 8.34. The molecule has 0 atom stereocenters. The predicted molar refractivity (Wildman–Crippen MR) is 128 cm³/mol. The van der Waals surface area contributed by atoms with Gasteiger partial charge in [-0.15, -0.1) is 0 Å². The molecule has 0 spiro atoms. The Labute approximate surface area is 200 Å². The van der Waals surface area contributed by atoms with E-state index < -0.39 is 17.8 Å². The highest BCUT2D eigenvalue weighted by molar-refractivity contribution is 6.53. The fraction of sp³-hybridized carbons (Fsp3) is 0.0800. The lowest BCUT2D eigenvalue weighted by molar-refractivity contribution is -0.120. The molecule has 166 valence electrons. The summed E-state index contributed by atoms with van der Waals surface area (Å²) in [6, 6.07) is 18.1.